The van der Waals surface area contributed by atoms with Crippen LogP contribution in [0.5, 0.6) is 0 Å². The van der Waals surface area contributed by atoms with Crippen molar-refractivity contribution in [2.24, 2.45) is 0 Å². The monoisotopic (exact) mass is 340 g/mol. The molecule has 2 N–H and O–H groups in total. The number of benzene rings is 1. The Labute approximate surface area is 140 Å². The number of nitrogens with zero attached hydrogens (tertiary/aromatic N) is 2. The van der Waals surface area contributed by atoms with E-state index in [0.29, 0.717) is 10.8 Å². The molecule has 23 heavy (non-hydrogen) atoms. The van der Waals surface area contributed by atoms with Crippen molar-refractivity contribution < 1.29 is 4.79 Å². The van der Waals surface area contributed by atoms with E-state index in [4.69, 9.17) is 0 Å². The summed E-state index contributed by atoms with van der Waals surface area (Å²) in [5.74, 6) is 0.253. The fourth-order valence-corrected chi connectivity index (χ4v) is 4.05. The van der Waals surface area contributed by atoms with Crippen molar-refractivity contribution in [1.82, 2.24) is 15.0 Å². The number of fused-ring (bicyclic) bond motifs is 1. The van der Waals surface area contributed by atoms with E-state index in [1.807, 2.05) is 48.7 Å². The number of amides is 1. The highest BCUT2D eigenvalue weighted by atomic mass is 32.1. The maximum absolute atomic E-state index is 12.5. The quantitative estimate of drug-likeness (QED) is 0.584. The average molecular weight is 340 g/mol. The van der Waals surface area contributed by atoms with E-state index in [1.165, 1.54) is 11.3 Å². The molecule has 0 saturated heterocycles. The van der Waals surface area contributed by atoms with Crippen LogP contribution in [0.25, 0.3) is 20.9 Å². The van der Waals surface area contributed by atoms with Crippen LogP contribution in [-0.4, -0.2) is 20.9 Å². The first-order valence-electron chi connectivity index (χ1n) is 6.98. The Bertz CT molecular complexity index is 952. The average Bonchev–Trinajstić information content (AvgIpc) is 3.25. The fraction of sp³-hybridized carbons (Fsp3) is 0.0625. The van der Waals surface area contributed by atoms with Gasteiger partial charge < -0.3 is 4.98 Å². The number of hydrogen-bond donors (Lipinski definition) is 2. The minimum Gasteiger partial charge on any atom is -0.324 e. The third-order valence-electron chi connectivity index (χ3n) is 3.36. The first kappa shape index (κ1) is 14.1. The Hall–Kier alpha value is -2.51. The van der Waals surface area contributed by atoms with E-state index in [2.05, 4.69) is 20.3 Å². The number of hydrogen-bond acceptors (Lipinski definition) is 5. The van der Waals surface area contributed by atoms with Crippen molar-refractivity contribution in [3.05, 3.63) is 52.3 Å². The van der Waals surface area contributed by atoms with E-state index in [9.17, 15) is 4.79 Å². The molecule has 3 heterocycles. The van der Waals surface area contributed by atoms with E-state index < -0.39 is 0 Å². The predicted octanol–water partition coefficient (Wildman–Crippen LogP) is 4.31. The molecule has 1 aromatic carbocycles. The van der Waals surface area contributed by atoms with Gasteiger partial charge in [-0.05, 0) is 30.5 Å². The maximum atomic E-state index is 12.5. The second-order valence-corrected chi connectivity index (χ2v) is 6.91. The van der Waals surface area contributed by atoms with Gasteiger partial charge in [0, 0.05) is 0 Å². The van der Waals surface area contributed by atoms with Crippen LogP contribution in [0.3, 0.4) is 0 Å². The molecular weight excluding hydrogens is 328 g/mol. The lowest BCUT2D eigenvalue weighted by molar-refractivity contribution is 0.102. The molecule has 0 aliphatic rings. The summed E-state index contributed by atoms with van der Waals surface area (Å²) < 4.78 is 0. The van der Waals surface area contributed by atoms with Crippen LogP contribution in [-0.2, 0) is 0 Å². The molecule has 0 aliphatic heterocycles. The summed E-state index contributed by atoms with van der Waals surface area (Å²) in [6.45, 7) is 1.85. The lowest BCUT2D eigenvalue weighted by atomic mass is 10.3. The van der Waals surface area contributed by atoms with Gasteiger partial charge in [-0.1, -0.05) is 18.2 Å². The molecule has 0 spiro atoms. The molecule has 0 unspecified atom stereocenters. The van der Waals surface area contributed by atoms with Crippen LogP contribution in [0.1, 0.15) is 15.4 Å². The van der Waals surface area contributed by atoms with Crippen LogP contribution in [0.4, 0.5) is 5.95 Å². The van der Waals surface area contributed by atoms with E-state index in [-0.39, 0.29) is 5.91 Å². The third kappa shape index (κ3) is 2.64. The largest absolute Gasteiger partial charge is 0.324 e. The Morgan fingerprint density at radius 2 is 2.04 bits per heavy atom. The highest BCUT2D eigenvalue weighted by Crippen LogP contribution is 2.31. The van der Waals surface area contributed by atoms with Gasteiger partial charge in [0.25, 0.3) is 5.91 Å². The molecule has 1 amide bonds. The third-order valence-corrected chi connectivity index (χ3v) is 5.55. The Morgan fingerprint density at radius 3 is 2.83 bits per heavy atom. The molecule has 0 fully saturated rings. The fourth-order valence-electron chi connectivity index (χ4n) is 2.29. The summed E-state index contributed by atoms with van der Waals surface area (Å²) in [7, 11) is 0. The smallest absolute Gasteiger partial charge is 0.269 e. The standard InChI is InChI=1S/C16H12N4OS2/c1-9-13(23-15(17-9)12-7-4-8-22-12)14(21)20-16-18-10-5-2-3-6-11(10)19-16/h2-8H,1H3,(H2,18,19,20,21). The lowest BCUT2D eigenvalue weighted by Crippen LogP contribution is -2.12. The second-order valence-electron chi connectivity index (χ2n) is 4.97. The summed E-state index contributed by atoms with van der Waals surface area (Å²) in [6, 6.07) is 11.6. The summed E-state index contributed by atoms with van der Waals surface area (Å²) in [4.78, 5) is 26.1. The molecule has 4 aromatic rings. The van der Waals surface area contributed by atoms with Gasteiger partial charge in [-0.15, -0.1) is 22.7 Å². The number of aryl methyl sites for hydroxylation is 1. The molecule has 5 nitrogen and oxygen atoms in total. The number of anilines is 1. The van der Waals surface area contributed by atoms with Gasteiger partial charge in [0.2, 0.25) is 5.95 Å². The number of aromatic nitrogens is 3. The minimum atomic E-state index is -0.193. The molecule has 0 atom stereocenters. The number of aromatic amines is 1. The number of thiazole rings is 1. The molecule has 0 bridgehead atoms. The van der Waals surface area contributed by atoms with Gasteiger partial charge in [-0.3, -0.25) is 10.1 Å². The van der Waals surface area contributed by atoms with Crippen molar-refractivity contribution in [3.8, 4) is 9.88 Å². The Morgan fingerprint density at radius 1 is 1.17 bits per heavy atom. The van der Waals surface area contributed by atoms with Crippen molar-refractivity contribution in [2.75, 3.05) is 5.32 Å². The number of imidazole rings is 1. The van der Waals surface area contributed by atoms with Crippen LogP contribution in [0.15, 0.2) is 41.8 Å². The normalized spacial score (nSPS) is 11.0. The number of nitrogens with one attached hydrogen (secondary N) is 2. The molecule has 0 radical (unpaired) electrons. The van der Waals surface area contributed by atoms with Gasteiger partial charge in [-0.25, -0.2) is 9.97 Å². The van der Waals surface area contributed by atoms with Crippen molar-refractivity contribution >= 4 is 45.6 Å². The zero-order valence-electron chi connectivity index (χ0n) is 12.2. The van der Waals surface area contributed by atoms with Crippen molar-refractivity contribution in [2.45, 2.75) is 6.92 Å². The minimum absolute atomic E-state index is 0.193. The van der Waals surface area contributed by atoms with Crippen molar-refractivity contribution in [1.29, 1.82) is 0 Å². The van der Waals surface area contributed by atoms with Crippen molar-refractivity contribution in [3.63, 3.8) is 0 Å². The van der Waals surface area contributed by atoms with Crippen LogP contribution >= 0.6 is 22.7 Å². The number of para-hydroxylation sites is 2. The first-order valence-corrected chi connectivity index (χ1v) is 8.68. The van der Waals surface area contributed by atoms with Gasteiger partial charge in [0.05, 0.1) is 21.6 Å². The number of rotatable bonds is 3. The molecule has 0 aliphatic carbocycles. The maximum Gasteiger partial charge on any atom is 0.269 e. The SMILES string of the molecule is Cc1nc(-c2cccs2)sc1C(=O)Nc1nc2ccccc2[nH]1. The topological polar surface area (TPSA) is 70.7 Å². The molecular formula is C16H12N4OS2. The van der Waals surface area contributed by atoms with Crippen LogP contribution in [0, 0.1) is 6.92 Å². The van der Waals surface area contributed by atoms with Gasteiger partial charge in [0.1, 0.15) is 9.88 Å². The predicted molar refractivity (Wildman–Crippen MR) is 94.2 cm³/mol. The first-order chi connectivity index (χ1) is 11.2. The van der Waals surface area contributed by atoms with Gasteiger partial charge in [-0.2, -0.15) is 0 Å². The Kier molecular flexibility index (Phi) is 3.44. The van der Waals surface area contributed by atoms with E-state index in [0.717, 1.165) is 26.6 Å². The Balaban J connectivity index is 1.61. The lowest BCUT2D eigenvalue weighted by Gasteiger charge is -1.99. The zero-order valence-corrected chi connectivity index (χ0v) is 13.8. The molecule has 114 valence electrons. The number of thiophene rings is 1. The zero-order chi connectivity index (χ0) is 15.8. The highest BCUT2D eigenvalue weighted by Gasteiger charge is 2.18. The van der Waals surface area contributed by atoms with Gasteiger partial charge in [0.15, 0.2) is 0 Å². The van der Waals surface area contributed by atoms with E-state index in [1.54, 1.807) is 11.3 Å². The highest BCUT2D eigenvalue weighted by molar-refractivity contribution is 7.22. The number of carbonyl (C=O) groups excluding carboxylic acids is 1. The molecule has 4 rings (SSSR count). The number of H-pyrrole nitrogens is 1. The summed E-state index contributed by atoms with van der Waals surface area (Å²) >= 11 is 3.01. The number of carbonyl (C=O) groups is 1. The van der Waals surface area contributed by atoms with Gasteiger partial charge >= 0.3 is 0 Å². The summed E-state index contributed by atoms with van der Waals surface area (Å²) in [5.41, 5.74) is 2.44. The van der Waals surface area contributed by atoms with Crippen LogP contribution < -0.4 is 5.32 Å². The molecule has 0 saturated carbocycles. The van der Waals surface area contributed by atoms with Crippen LogP contribution in [0.2, 0.25) is 0 Å². The summed E-state index contributed by atoms with van der Waals surface area (Å²) in [5, 5.41) is 5.68. The molecule has 3 aromatic heterocycles. The van der Waals surface area contributed by atoms with E-state index >= 15 is 0 Å². The summed E-state index contributed by atoms with van der Waals surface area (Å²) in [6.07, 6.45) is 0. The second kappa shape index (κ2) is 5.60. The molecule has 7 heteroatoms.